The van der Waals surface area contributed by atoms with Crippen LogP contribution < -0.4 is 11.1 Å². The molecule has 1 aromatic rings. The van der Waals surface area contributed by atoms with Crippen molar-refractivity contribution in [1.82, 2.24) is 5.32 Å². The molecular formula is C18H25ClN2O3S. The van der Waals surface area contributed by atoms with Crippen molar-refractivity contribution in [2.24, 2.45) is 23.5 Å². The van der Waals surface area contributed by atoms with Gasteiger partial charge < -0.3 is 11.1 Å². The Morgan fingerprint density at radius 2 is 1.76 bits per heavy atom. The SMILES string of the molecule is NC1C2CCCC1CC(C(=O)NCCS(=O)(=O)c1ccc(Cl)cc1)C2. The van der Waals surface area contributed by atoms with Crippen LogP contribution in [0.2, 0.25) is 5.02 Å². The Balaban J connectivity index is 1.52. The number of carbonyl (C=O) groups excluding carboxylic acids is 1. The molecule has 1 aromatic carbocycles. The topological polar surface area (TPSA) is 89.3 Å². The second-order valence-corrected chi connectivity index (χ2v) is 9.81. The molecule has 25 heavy (non-hydrogen) atoms. The molecule has 3 N–H and O–H groups in total. The number of halogens is 1. The Kier molecular flexibility index (Phi) is 5.71. The third-order valence-electron chi connectivity index (χ3n) is 5.63. The third-order valence-corrected chi connectivity index (χ3v) is 7.61. The van der Waals surface area contributed by atoms with Crippen molar-refractivity contribution in [3.63, 3.8) is 0 Å². The zero-order chi connectivity index (χ0) is 18.0. The van der Waals surface area contributed by atoms with Gasteiger partial charge in [0.1, 0.15) is 0 Å². The molecular weight excluding hydrogens is 360 g/mol. The van der Waals surface area contributed by atoms with Crippen molar-refractivity contribution >= 4 is 27.3 Å². The molecule has 2 unspecified atom stereocenters. The first-order valence-electron chi connectivity index (χ1n) is 8.88. The zero-order valence-corrected chi connectivity index (χ0v) is 15.7. The van der Waals surface area contributed by atoms with Crippen molar-refractivity contribution < 1.29 is 13.2 Å². The van der Waals surface area contributed by atoms with Gasteiger partial charge in [-0.25, -0.2) is 8.42 Å². The highest BCUT2D eigenvalue weighted by atomic mass is 35.5. The minimum Gasteiger partial charge on any atom is -0.355 e. The van der Waals surface area contributed by atoms with Gasteiger partial charge >= 0.3 is 0 Å². The Labute approximate surface area is 154 Å². The molecule has 138 valence electrons. The van der Waals surface area contributed by atoms with Gasteiger partial charge in [-0.2, -0.15) is 0 Å². The van der Waals surface area contributed by atoms with E-state index in [9.17, 15) is 13.2 Å². The Morgan fingerprint density at radius 3 is 2.36 bits per heavy atom. The molecule has 0 radical (unpaired) electrons. The number of carbonyl (C=O) groups is 1. The van der Waals surface area contributed by atoms with Gasteiger partial charge in [0.25, 0.3) is 0 Å². The molecule has 3 rings (SSSR count). The second kappa shape index (κ2) is 7.64. The molecule has 5 nitrogen and oxygen atoms in total. The quantitative estimate of drug-likeness (QED) is 0.815. The van der Waals surface area contributed by atoms with E-state index in [1.165, 1.54) is 18.6 Å². The van der Waals surface area contributed by atoms with Crippen molar-refractivity contribution in [2.45, 2.75) is 43.0 Å². The van der Waals surface area contributed by atoms with Gasteiger partial charge in [0.15, 0.2) is 9.84 Å². The lowest BCUT2D eigenvalue weighted by Crippen LogP contribution is -2.49. The Morgan fingerprint density at radius 1 is 1.16 bits per heavy atom. The third kappa shape index (κ3) is 4.36. The van der Waals surface area contributed by atoms with Crippen LogP contribution >= 0.6 is 11.6 Å². The Hall–Kier alpha value is -1.11. The van der Waals surface area contributed by atoms with Gasteiger partial charge in [0.05, 0.1) is 10.6 Å². The van der Waals surface area contributed by atoms with Crippen molar-refractivity contribution in [3.8, 4) is 0 Å². The smallest absolute Gasteiger partial charge is 0.223 e. The van der Waals surface area contributed by atoms with Crippen LogP contribution in [0, 0.1) is 17.8 Å². The minimum absolute atomic E-state index is 0.0323. The Bertz CT molecular complexity index is 706. The van der Waals surface area contributed by atoms with Gasteiger partial charge in [0, 0.05) is 23.5 Å². The van der Waals surface area contributed by atoms with Crippen LogP contribution in [0.3, 0.4) is 0 Å². The molecule has 2 atom stereocenters. The van der Waals surface area contributed by atoms with E-state index in [0.29, 0.717) is 16.9 Å². The first-order chi connectivity index (χ1) is 11.9. The lowest BCUT2D eigenvalue weighted by molar-refractivity contribution is -0.127. The maximum absolute atomic E-state index is 12.4. The van der Waals surface area contributed by atoms with Crippen LogP contribution in [-0.2, 0) is 14.6 Å². The number of hydrogen-bond donors (Lipinski definition) is 2. The molecule has 2 saturated carbocycles. The largest absolute Gasteiger partial charge is 0.355 e. The fourth-order valence-corrected chi connectivity index (χ4v) is 5.50. The van der Waals surface area contributed by atoms with Crippen molar-refractivity contribution in [1.29, 1.82) is 0 Å². The summed E-state index contributed by atoms with van der Waals surface area (Å²) < 4.78 is 24.6. The van der Waals surface area contributed by atoms with Gasteiger partial charge in [-0.05, 0) is 61.8 Å². The highest BCUT2D eigenvalue weighted by Gasteiger charge is 2.40. The highest BCUT2D eigenvalue weighted by Crippen LogP contribution is 2.41. The fourth-order valence-electron chi connectivity index (χ4n) is 4.22. The molecule has 2 bridgehead atoms. The van der Waals surface area contributed by atoms with E-state index >= 15 is 0 Å². The first-order valence-corrected chi connectivity index (χ1v) is 10.9. The summed E-state index contributed by atoms with van der Waals surface area (Å²) in [5.41, 5.74) is 6.26. The second-order valence-electron chi connectivity index (χ2n) is 7.26. The molecule has 2 fully saturated rings. The van der Waals surface area contributed by atoms with E-state index in [-0.39, 0.29) is 35.1 Å². The van der Waals surface area contributed by atoms with Gasteiger partial charge in [0.2, 0.25) is 5.91 Å². The van der Waals surface area contributed by atoms with Crippen LogP contribution in [-0.4, -0.2) is 32.7 Å². The number of sulfone groups is 1. The predicted molar refractivity (Wildman–Crippen MR) is 98.0 cm³/mol. The molecule has 2 aliphatic carbocycles. The fraction of sp³-hybridized carbons (Fsp3) is 0.611. The first kappa shape index (κ1) is 18.7. The summed E-state index contributed by atoms with van der Waals surface area (Å²) in [7, 11) is -3.42. The maximum Gasteiger partial charge on any atom is 0.223 e. The van der Waals surface area contributed by atoms with E-state index in [2.05, 4.69) is 5.32 Å². The number of fused-ring (bicyclic) bond motifs is 2. The molecule has 1 amide bonds. The zero-order valence-electron chi connectivity index (χ0n) is 14.2. The maximum atomic E-state index is 12.4. The average Bonchev–Trinajstić information content (AvgIpc) is 2.54. The number of nitrogens with two attached hydrogens (primary N) is 1. The number of hydrogen-bond acceptors (Lipinski definition) is 4. The monoisotopic (exact) mass is 384 g/mol. The molecule has 7 heteroatoms. The van der Waals surface area contributed by atoms with E-state index in [1.807, 2.05) is 0 Å². The predicted octanol–water partition coefficient (Wildman–Crippen LogP) is 2.38. The summed E-state index contributed by atoms with van der Waals surface area (Å²) in [4.78, 5) is 12.7. The van der Waals surface area contributed by atoms with E-state index in [1.54, 1.807) is 12.1 Å². The highest BCUT2D eigenvalue weighted by molar-refractivity contribution is 7.91. The van der Waals surface area contributed by atoms with E-state index in [4.69, 9.17) is 17.3 Å². The lowest BCUT2D eigenvalue weighted by atomic mass is 9.65. The summed E-state index contributed by atoms with van der Waals surface area (Å²) in [5, 5.41) is 3.30. The van der Waals surface area contributed by atoms with Crippen LogP contribution in [0.15, 0.2) is 29.2 Å². The summed E-state index contributed by atoms with van der Waals surface area (Å²) in [5.74, 6) is 0.685. The van der Waals surface area contributed by atoms with Gasteiger partial charge in [-0.3, -0.25) is 4.79 Å². The molecule has 2 aliphatic rings. The van der Waals surface area contributed by atoms with Crippen LogP contribution in [0.1, 0.15) is 32.1 Å². The minimum atomic E-state index is -3.42. The summed E-state index contributed by atoms with van der Waals surface area (Å²) >= 11 is 5.78. The summed E-state index contributed by atoms with van der Waals surface area (Å²) in [6, 6.07) is 6.31. The van der Waals surface area contributed by atoms with Crippen LogP contribution in [0.5, 0.6) is 0 Å². The van der Waals surface area contributed by atoms with Crippen molar-refractivity contribution in [3.05, 3.63) is 29.3 Å². The standard InChI is InChI=1S/C18H25ClN2O3S/c19-15-4-6-16(7-5-15)25(23,24)9-8-21-18(22)14-10-12-2-1-3-13(11-14)17(12)20/h4-7,12-14,17H,1-3,8-11,20H2,(H,21,22). The van der Waals surface area contributed by atoms with E-state index < -0.39 is 9.84 Å². The summed E-state index contributed by atoms with van der Waals surface area (Å²) in [6.07, 6.45) is 5.07. The lowest BCUT2D eigenvalue weighted by Gasteiger charge is -2.43. The number of rotatable bonds is 5. The van der Waals surface area contributed by atoms with E-state index in [0.717, 1.165) is 25.7 Å². The normalized spacial score (nSPS) is 29.2. The molecule has 0 aromatic heterocycles. The number of nitrogens with one attached hydrogen (secondary N) is 1. The van der Waals surface area contributed by atoms with Crippen LogP contribution in [0.4, 0.5) is 0 Å². The molecule has 0 saturated heterocycles. The van der Waals surface area contributed by atoms with Gasteiger partial charge in [-0.15, -0.1) is 0 Å². The number of amides is 1. The molecule has 0 aliphatic heterocycles. The van der Waals surface area contributed by atoms with Gasteiger partial charge in [-0.1, -0.05) is 18.0 Å². The molecule has 0 heterocycles. The summed E-state index contributed by atoms with van der Waals surface area (Å²) in [6.45, 7) is 0.127. The van der Waals surface area contributed by atoms with Crippen LogP contribution in [0.25, 0.3) is 0 Å². The molecule has 0 spiro atoms. The number of benzene rings is 1. The average molecular weight is 385 g/mol. The van der Waals surface area contributed by atoms with Crippen molar-refractivity contribution in [2.75, 3.05) is 12.3 Å².